The van der Waals surface area contributed by atoms with Gasteiger partial charge >= 0.3 is 0 Å². The Morgan fingerprint density at radius 2 is 2.14 bits per heavy atom. The lowest BCUT2D eigenvalue weighted by atomic mass is 9.97. The van der Waals surface area contributed by atoms with E-state index in [1.807, 2.05) is 13.0 Å². The molecule has 0 aromatic rings. The fourth-order valence-electron chi connectivity index (χ4n) is 2.62. The van der Waals surface area contributed by atoms with Crippen molar-refractivity contribution in [2.24, 2.45) is 20.9 Å². The van der Waals surface area contributed by atoms with Crippen LogP contribution < -0.4 is 0 Å². The highest BCUT2D eigenvalue weighted by Gasteiger charge is 2.23. The minimum Gasteiger partial charge on any atom is -0.294 e. The van der Waals surface area contributed by atoms with Crippen molar-refractivity contribution in [2.75, 3.05) is 19.8 Å². The largest absolute Gasteiger partial charge is 0.294 e. The molecule has 2 atom stereocenters. The van der Waals surface area contributed by atoms with Gasteiger partial charge in [0.1, 0.15) is 6.04 Å². The maximum atomic E-state index is 10.8. The van der Waals surface area contributed by atoms with Gasteiger partial charge in [-0.15, -0.1) is 6.58 Å². The third-order valence-corrected chi connectivity index (χ3v) is 4.03. The van der Waals surface area contributed by atoms with Crippen LogP contribution in [0, 0.1) is 5.92 Å². The van der Waals surface area contributed by atoms with Crippen LogP contribution in [0.3, 0.4) is 0 Å². The van der Waals surface area contributed by atoms with E-state index in [-0.39, 0.29) is 17.8 Å². The minimum absolute atomic E-state index is 0.134. The molecule has 5 heteroatoms. The number of hydrogen-bond acceptors (Lipinski definition) is 5. The van der Waals surface area contributed by atoms with Gasteiger partial charge in [-0.3, -0.25) is 19.7 Å². The minimum atomic E-state index is -0.146. The van der Waals surface area contributed by atoms with Crippen molar-refractivity contribution in [3.8, 4) is 0 Å². The van der Waals surface area contributed by atoms with Gasteiger partial charge in [0.15, 0.2) is 12.1 Å². The molecule has 0 spiro atoms. The van der Waals surface area contributed by atoms with Crippen molar-refractivity contribution in [2.45, 2.75) is 38.6 Å². The molecule has 0 aromatic carbocycles. The summed E-state index contributed by atoms with van der Waals surface area (Å²) in [5.41, 5.74) is 0.845. The summed E-state index contributed by atoms with van der Waals surface area (Å²) < 4.78 is 0. The normalized spacial score (nSPS) is 27.0. The molecule has 0 aliphatic carbocycles. The van der Waals surface area contributed by atoms with E-state index in [0.29, 0.717) is 13.0 Å². The molecule has 2 unspecified atom stereocenters. The van der Waals surface area contributed by atoms with Gasteiger partial charge in [0.05, 0.1) is 18.6 Å². The maximum absolute atomic E-state index is 10.8. The summed E-state index contributed by atoms with van der Waals surface area (Å²) in [6.45, 7) is 8.76. The predicted octanol–water partition coefficient (Wildman–Crippen LogP) is 2.13. The molecule has 1 saturated heterocycles. The Bertz CT molecular complexity index is 459. The molecule has 2 rings (SSSR count). The monoisotopic (exact) mass is 288 g/mol. The zero-order valence-electron chi connectivity index (χ0n) is 12.7. The lowest BCUT2D eigenvalue weighted by Crippen LogP contribution is -2.33. The van der Waals surface area contributed by atoms with Gasteiger partial charge in [-0.25, -0.2) is 4.99 Å². The van der Waals surface area contributed by atoms with Crippen molar-refractivity contribution < 1.29 is 4.79 Å². The number of amidine groups is 1. The van der Waals surface area contributed by atoms with Crippen molar-refractivity contribution >= 4 is 24.0 Å². The number of carbonyl (C=O) groups is 1. The topological polar surface area (TPSA) is 57.4 Å². The Morgan fingerprint density at radius 3 is 2.76 bits per heavy atom. The van der Waals surface area contributed by atoms with Crippen LogP contribution in [0.1, 0.15) is 32.6 Å². The van der Waals surface area contributed by atoms with Crippen LogP contribution >= 0.6 is 0 Å². The number of aliphatic imine (C=N–C) groups is 3. The fraction of sp³-hybridized carbons (Fsp3) is 0.625. The summed E-state index contributed by atoms with van der Waals surface area (Å²) >= 11 is 0. The number of aldehydes is 1. The van der Waals surface area contributed by atoms with Gasteiger partial charge in [0.2, 0.25) is 0 Å². The van der Waals surface area contributed by atoms with E-state index in [9.17, 15) is 4.79 Å². The van der Waals surface area contributed by atoms with E-state index in [0.717, 1.165) is 18.8 Å². The van der Waals surface area contributed by atoms with Crippen molar-refractivity contribution in [1.29, 1.82) is 0 Å². The van der Waals surface area contributed by atoms with Crippen LogP contribution in [0.5, 0.6) is 0 Å². The summed E-state index contributed by atoms with van der Waals surface area (Å²) in [6.07, 6.45) is 9.34. The molecule has 21 heavy (non-hydrogen) atoms. The second-order valence-electron chi connectivity index (χ2n) is 5.66. The molecule has 0 radical (unpaired) electrons. The predicted molar refractivity (Wildman–Crippen MR) is 87.5 cm³/mol. The lowest BCUT2D eigenvalue weighted by Gasteiger charge is -2.22. The number of carbonyl (C=O) groups excluding carboxylic acids is 1. The Labute approximate surface area is 126 Å². The molecule has 0 saturated carbocycles. The van der Waals surface area contributed by atoms with Gasteiger partial charge in [0.25, 0.3) is 0 Å². The number of hydrogen-bond donors (Lipinski definition) is 0. The van der Waals surface area contributed by atoms with Crippen LogP contribution in [0.25, 0.3) is 0 Å². The first-order chi connectivity index (χ1) is 10.2. The van der Waals surface area contributed by atoms with E-state index in [1.54, 1.807) is 6.21 Å². The second-order valence-corrected chi connectivity index (χ2v) is 5.66. The Morgan fingerprint density at radius 1 is 1.43 bits per heavy atom. The average molecular weight is 288 g/mol. The summed E-state index contributed by atoms with van der Waals surface area (Å²) in [5.74, 6) is 0.372. The first-order valence-electron chi connectivity index (χ1n) is 7.71. The molecule has 0 amide bonds. The van der Waals surface area contributed by atoms with Gasteiger partial charge in [0, 0.05) is 5.92 Å². The van der Waals surface area contributed by atoms with E-state index < -0.39 is 0 Å². The van der Waals surface area contributed by atoms with Crippen molar-refractivity contribution in [3.05, 3.63) is 12.7 Å². The van der Waals surface area contributed by atoms with Gasteiger partial charge in [-0.1, -0.05) is 25.8 Å². The summed E-state index contributed by atoms with van der Waals surface area (Å²) in [6, 6.07) is -0.146. The highest BCUT2D eigenvalue weighted by Crippen LogP contribution is 2.14. The highest BCUT2D eigenvalue weighted by atomic mass is 16.1. The van der Waals surface area contributed by atoms with Crippen molar-refractivity contribution in [3.63, 3.8) is 0 Å². The summed E-state index contributed by atoms with van der Waals surface area (Å²) in [4.78, 5) is 26.3. The fourth-order valence-corrected chi connectivity index (χ4v) is 2.62. The molecule has 0 aromatic heterocycles. The third kappa shape index (κ3) is 4.43. The molecular weight excluding hydrogens is 264 g/mol. The van der Waals surface area contributed by atoms with Crippen LogP contribution in [0.4, 0.5) is 0 Å². The van der Waals surface area contributed by atoms with Crippen LogP contribution in [0.15, 0.2) is 27.6 Å². The van der Waals surface area contributed by atoms with Gasteiger partial charge in [-0.2, -0.15) is 0 Å². The standard InChI is InChI=1S/C16H24N4O/c1-3-13(2)16-14(10-17-15(11-21)19-16)18-12-20-8-6-4-5-7-9-20/h3,10-11,13,16H,1,4-9,12H2,2H3/b18-14-. The van der Waals surface area contributed by atoms with E-state index >= 15 is 0 Å². The van der Waals surface area contributed by atoms with Crippen molar-refractivity contribution in [1.82, 2.24) is 4.90 Å². The number of nitrogens with zero attached hydrogens (tertiary/aromatic N) is 4. The van der Waals surface area contributed by atoms with Crippen LogP contribution in [-0.4, -0.2) is 54.7 Å². The zero-order valence-corrected chi connectivity index (χ0v) is 12.7. The molecule has 2 heterocycles. The van der Waals surface area contributed by atoms with Crippen LogP contribution in [0.2, 0.25) is 0 Å². The Hall–Kier alpha value is -1.62. The highest BCUT2D eigenvalue weighted by molar-refractivity contribution is 6.41. The average Bonchev–Trinajstić information content (AvgIpc) is 2.80. The van der Waals surface area contributed by atoms with E-state index in [1.165, 1.54) is 25.7 Å². The van der Waals surface area contributed by atoms with E-state index in [4.69, 9.17) is 4.99 Å². The quantitative estimate of drug-likeness (QED) is 0.575. The molecule has 5 nitrogen and oxygen atoms in total. The molecular formula is C16H24N4O. The zero-order chi connectivity index (χ0) is 15.1. The van der Waals surface area contributed by atoms with E-state index in [2.05, 4.69) is 21.5 Å². The number of likely N-dealkylation sites (tertiary alicyclic amines) is 1. The second kappa shape index (κ2) is 7.98. The molecule has 0 bridgehead atoms. The molecule has 1 fully saturated rings. The first kappa shape index (κ1) is 15.8. The summed E-state index contributed by atoms with van der Waals surface area (Å²) in [5, 5.41) is 0. The van der Waals surface area contributed by atoms with Gasteiger partial charge in [-0.05, 0) is 25.9 Å². The van der Waals surface area contributed by atoms with Crippen LogP contribution in [-0.2, 0) is 4.79 Å². The molecule has 114 valence electrons. The SMILES string of the molecule is C=CC(C)C1N=C(C=O)N=C/C1=N/CN1CCCCCC1. The molecule has 2 aliphatic rings. The van der Waals surface area contributed by atoms with Gasteiger partial charge < -0.3 is 0 Å². The Balaban J connectivity index is 2.06. The lowest BCUT2D eigenvalue weighted by molar-refractivity contribution is -0.102. The first-order valence-corrected chi connectivity index (χ1v) is 7.71. The molecule has 0 N–H and O–H groups in total. The third-order valence-electron chi connectivity index (χ3n) is 4.03. The summed E-state index contributed by atoms with van der Waals surface area (Å²) in [7, 11) is 0. The Kier molecular flexibility index (Phi) is 5.99. The smallest absolute Gasteiger partial charge is 0.188 e. The maximum Gasteiger partial charge on any atom is 0.188 e. The number of rotatable bonds is 5. The molecule has 2 aliphatic heterocycles.